The van der Waals surface area contributed by atoms with E-state index in [0.717, 1.165) is 12.1 Å². The molecule has 0 saturated heterocycles. The summed E-state index contributed by atoms with van der Waals surface area (Å²) in [6, 6.07) is 3.36. The molecule has 0 bridgehead atoms. The Hall–Kier alpha value is -1.76. The zero-order chi connectivity index (χ0) is 14.0. The summed E-state index contributed by atoms with van der Waals surface area (Å²) < 4.78 is 42.9. The average Bonchev–Trinajstić information content (AvgIpc) is 2.78. The molecule has 0 fully saturated rings. The van der Waals surface area contributed by atoms with Crippen LogP contribution in [0.5, 0.6) is 0 Å². The molecule has 0 radical (unpaired) electrons. The molecule has 0 aliphatic rings. The topological polar surface area (TPSA) is 51.0 Å². The number of halogens is 4. The van der Waals surface area contributed by atoms with Gasteiger partial charge in [0, 0.05) is 5.69 Å². The van der Waals surface area contributed by atoms with Crippen molar-refractivity contribution in [3.8, 4) is 0 Å². The summed E-state index contributed by atoms with van der Waals surface area (Å²) in [5.74, 6) is 0.227. The molecule has 0 amide bonds. The summed E-state index contributed by atoms with van der Waals surface area (Å²) in [5, 5.41) is 9.86. The highest BCUT2D eigenvalue weighted by molar-refractivity contribution is 6.16. The highest BCUT2D eigenvalue weighted by Gasteiger charge is 2.30. The van der Waals surface area contributed by atoms with Gasteiger partial charge < -0.3 is 9.73 Å². The Morgan fingerprint density at radius 2 is 2.05 bits per heavy atom. The normalized spacial score (nSPS) is 11.6. The molecule has 1 aromatic heterocycles. The van der Waals surface area contributed by atoms with Crippen molar-refractivity contribution in [1.29, 1.82) is 0 Å². The number of nitrogens with one attached hydrogen (secondary N) is 1. The maximum Gasteiger partial charge on any atom is 0.416 e. The Bertz CT molecular complexity index is 583. The van der Waals surface area contributed by atoms with Gasteiger partial charge in [-0.1, -0.05) is 11.2 Å². The molecule has 0 aliphatic carbocycles. The van der Waals surface area contributed by atoms with E-state index in [-0.39, 0.29) is 23.5 Å². The lowest BCUT2D eigenvalue weighted by Gasteiger charge is -2.11. The molecule has 1 heterocycles. The smallest absolute Gasteiger partial charge is 0.407 e. The minimum Gasteiger partial charge on any atom is -0.407 e. The molecule has 19 heavy (non-hydrogen) atoms. The van der Waals surface area contributed by atoms with Crippen molar-refractivity contribution < 1.29 is 17.6 Å². The lowest BCUT2D eigenvalue weighted by Crippen LogP contribution is -2.06. The first kappa shape index (κ1) is 13.7. The molecular weight excluding hydrogens is 283 g/mol. The predicted octanol–water partition coefficient (Wildman–Crippen LogP) is 3.88. The Morgan fingerprint density at radius 1 is 1.32 bits per heavy atom. The lowest BCUT2D eigenvalue weighted by atomic mass is 10.1. The van der Waals surface area contributed by atoms with Crippen molar-refractivity contribution in [2.45, 2.75) is 19.0 Å². The van der Waals surface area contributed by atoms with Gasteiger partial charge in [-0.3, -0.25) is 0 Å². The van der Waals surface area contributed by atoms with Crippen LogP contribution in [-0.2, 0) is 12.1 Å². The number of hydrogen-bond donors (Lipinski definition) is 1. The second kappa shape index (κ2) is 5.08. The molecule has 0 spiro atoms. The van der Waals surface area contributed by atoms with Gasteiger partial charge in [0.1, 0.15) is 5.88 Å². The van der Waals surface area contributed by atoms with Crippen molar-refractivity contribution in [2.75, 3.05) is 5.32 Å². The molecule has 0 atom stereocenters. The average molecular weight is 292 g/mol. The summed E-state index contributed by atoms with van der Waals surface area (Å²) in [6.07, 6.45) is -4.40. The second-order valence-corrected chi connectivity index (χ2v) is 4.05. The fourth-order valence-corrected chi connectivity index (χ4v) is 1.51. The van der Waals surface area contributed by atoms with Gasteiger partial charge in [0.05, 0.1) is 5.56 Å². The van der Waals surface area contributed by atoms with Gasteiger partial charge in [-0.05, 0) is 24.6 Å². The largest absolute Gasteiger partial charge is 0.416 e. The zero-order valence-electron chi connectivity index (χ0n) is 9.75. The van der Waals surface area contributed by atoms with Gasteiger partial charge in [0.25, 0.3) is 0 Å². The number of alkyl halides is 4. The van der Waals surface area contributed by atoms with Gasteiger partial charge in [-0.15, -0.1) is 16.7 Å². The lowest BCUT2D eigenvalue weighted by molar-refractivity contribution is -0.137. The molecule has 0 aliphatic heterocycles. The SMILES string of the molecule is Cc1ccc(C(F)(F)F)cc1Nc1nnc(CCl)o1. The van der Waals surface area contributed by atoms with Gasteiger partial charge in [0.2, 0.25) is 5.89 Å². The maximum atomic E-state index is 12.6. The van der Waals surface area contributed by atoms with Gasteiger partial charge in [-0.2, -0.15) is 13.2 Å². The van der Waals surface area contributed by atoms with Crippen molar-refractivity contribution in [2.24, 2.45) is 0 Å². The first-order chi connectivity index (χ1) is 8.90. The van der Waals surface area contributed by atoms with E-state index in [1.807, 2.05) is 0 Å². The second-order valence-electron chi connectivity index (χ2n) is 3.79. The summed E-state index contributed by atoms with van der Waals surface area (Å²) in [4.78, 5) is 0. The van der Waals surface area contributed by atoms with Crippen molar-refractivity contribution in [1.82, 2.24) is 10.2 Å². The maximum absolute atomic E-state index is 12.6. The zero-order valence-corrected chi connectivity index (χ0v) is 10.5. The van der Waals surface area contributed by atoms with Gasteiger partial charge in [0.15, 0.2) is 0 Å². The van der Waals surface area contributed by atoms with E-state index in [9.17, 15) is 13.2 Å². The monoisotopic (exact) mass is 291 g/mol. The highest BCUT2D eigenvalue weighted by Crippen LogP contribution is 2.32. The Morgan fingerprint density at radius 3 is 2.63 bits per heavy atom. The Kier molecular flexibility index (Phi) is 3.66. The fourth-order valence-electron chi connectivity index (χ4n) is 1.41. The van der Waals surface area contributed by atoms with Gasteiger partial charge in [-0.25, -0.2) is 0 Å². The van der Waals surface area contributed by atoms with E-state index in [1.165, 1.54) is 6.07 Å². The molecule has 1 N–H and O–H groups in total. The van der Waals surface area contributed by atoms with Crippen LogP contribution < -0.4 is 5.32 Å². The minimum atomic E-state index is -4.40. The van der Waals surface area contributed by atoms with E-state index >= 15 is 0 Å². The van der Waals surface area contributed by atoms with Crippen molar-refractivity contribution in [3.05, 3.63) is 35.2 Å². The molecule has 1 aromatic carbocycles. The van der Waals surface area contributed by atoms with Gasteiger partial charge >= 0.3 is 12.2 Å². The minimum absolute atomic E-state index is 0.00178. The highest BCUT2D eigenvalue weighted by atomic mass is 35.5. The van der Waals surface area contributed by atoms with Crippen LogP contribution in [-0.4, -0.2) is 10.2 Å². The molecule has 0 saturated carbocycles. The van der Waals surface area contributed by atoms with Crippen LogP contribution in [0.2, 0.25) is 0 Å². The van der Waals surface area contributed by atoms with Crippen LogP contribution >= 0.6 is 11.6 Å². The number of aromatic nitrogens is 2. The van der Waals surface area contributed by atoms with E-state index in [2.05, 4.69) is 15.5 Å². The van der Waals surface area contributed by atoms with E-state index in [0.29, 0.717) is 5.56 Å². The first-order valence-corrected chi connectivity index (χ1v) is 5.77. The number of nitrogens with zero attached hydrogens (tertiary/aromatic N) is 2. The third-order valence-corrected chi connectivity index (χ3v) is 2.62. The Balaban J connectivity index is 2.28. The quantitative estimate of drug-likeness (QED) is 0.872. The number of benzene rings is 1. The fraction of sp³-hybridized carbons (Fsp3) is 0.273. The third-order valence-electron chi connectivity index (χ3n) is 2.39. The van der Waals surface area contributed by atoms with E-state index in [4.69, 9.17) is 16.0 Å². The van der Waals surface area contributed by atoms with E-state index < -0.39 is 11.7 Å². The molecular formula is C11H9ClF3N3O. The Labute approximate surface area is 111 Å². The molecule has 0 unspecified atom stereocenters. The number of rotatable bonds is 3. The molecule has 4 nitrogen and oxygen atoms in total. The molecule has 2 aromatic rings. The van der Waals surface area contributed by atoms with Crippen LogP contribution in [0.4, 0.5) is 24.9 Å². The van der Waals surface area contributed by atoms with Crippen LogP contribution in [0, 0.1) is 6.92 Å². The summed E-state index contributed by atoms with van der Waals surface area (Å²) in [7, 11) is 0. The summed E-state index contributed by atoms with van der Waals surface area (Å²) in [6.45, 7) is 1.67. The summed E-state index contributed by atoms with van der Waals surface area (Å²) in [5.41, 5.74) is 0.121. The number of aryl methyl sites for hydroxylation is 1. The number of hydrogen-bond acceptors (Lipinski definition) is 4. The number of anilines is 2. The van der Waals surface area contributed by atoms with Crippen molar-refractivity contribution >= 4 is 23.3 Å². The van der Waals surface area contributed by atoms with Crippen LogP contribution in [0.1, 0.15) is 17.0 Å². The third kappa shape index (κ3) is 3.17. The summed E-state index contributed by atoms with van der Waals surface area (Å²) >= 11 is 5.49. The molecule has 8 heteroatoms. The first-order valence-electron chi connectivity index (χ1n) is 5.23. The molecule has 2 rings (SSSR count). The van der Waals surface area contributed by atoms with Crippen LogP contribution in [0.3, 0.4) is 0 Å². The van der Waals surface area contributed by atoms with Crippen LogP contribution in [0.15, 0.2) is 22.6 Å². The molecule has 102 valence electrons. The predicted molar refractivity (Wildman–Crippen MR) is 63.3 cm³/mol. The van der Waals surface area contributed by atoms with Crippen LogP contribution in [0.25, 0.3) is 0 Å². The van der Waals surface area contributed by atoms with Crippen molar-refractivity contribution in [3.63, 3.8) is 0 Å². The van der Waals surface area contributed by atoms with E-state index in [1.54, 1.807) is 6.92 Å². The standard InChI is InChI=1S/C11H9ClF3N3O/c1-6-2-3-7(11(13,14)15)4-8(6)16-10-18-17-9(5-12)19-10/h2-4H,5H2,1H3,(H,16,18).